The van der Waals surface area contributed by atoms with E-state index < -0.39 is 5.82 Å². The monoisotopic (exact) mass is 419 g/mol. The Balaban J connectivity index is 1.61. The molecule has 0 saturated heterocycles. The number of hydrogen-bond acceptors (Lipinski definition) is 2. The molecule has 0 spiro atoms. The number of benzene rings is 2. The first-order valence-corrected chi connectivity index (χ1v) is 10.5. The van der Waals surface area contributed by atoms with Gasteiger partial charge in [-0.3, -0.25) is 9.59 Å². The molecule has 3 aromatic rings. The van der Waals surface area contributed by atoms with Gasteiger partial charge in [-0.05, 0) is 55.8 Å². The van der Waals surface area contributed by atoms with E-state index in [4.69, 9.17) is 0 Å². The molecule has 2 aromatic carbocycles. The standard InChI is InChI=1S/C25H26FN3O2/c1-18(2)29(25(31)20-10-12-21(26)13-11-20)17-23(30)28-16-15-27-14-6-9-22(27)24(28)19-7-4-3-5-8-19/h3-14,18,24H,15-17H2,1-2H3. The van der Waals surface area contributed by atoms with Gasteiger partial charge >= 0.3 is 0 Å². The normalized spacial score (nSPS) is 15.6. The molecule has 5 nitrogen and oxygen atoms in total. The van der Waals surface area contributed by atoms with Gasteiger partial charge in [-0.15, -0.1) is 0 Å². The molecule has 0 aliphatic carbocycles. The Labute approximate surface area is 181 Å². The van der Waals surface area contributed by atoms with E-state index in [0.29, 0.717) is 18.7 Å². The summed E-state index contributed by atoms with van der Waals surface area (Å²) >= 11 is 0. The molecule has 0 fully saturated rings. The maximum absolute atomic E-state index is 13.5. The summed E-state index contributed by atoms with van der Waals surface area (Å²) in [6.07, 6.45) is 2.03. The molecule has 31 heavy (non-hydrogen) atoms. The largest absolute Gasteiger partial charge is 0.348 e. The summed E-state index contributed by atoms with van der Waals surface area (Å²) in [5.41, 5.74) is 2.47. The Morgan fingerprint density at radius 2 is 1.71 bits per heavy atom. The fourth-order valence-corrected chi connectivity index (χ4v) is 4.12. The fraction of sp³-hybridized carbons (Fsp3) is 0.280. The summed E-state index contributed by atoms with van der Waals surface area (Å²) in [7, 11) is 0. The van der Waals surface area contributed by atoms with Gasteiger partial charge in [0.25, 0.3) is 5.91 Å². The molecule has 1 aliphatic rings. The van der Waals surface area contributed by atoms with Crippen LogP contribution < -0.4 is 0 Å². The van der Waals surface area contributed by atoms with Crippen LogP contribution in [0.2, 0.25) is 0 Å². The molecular formula is C25H26FN3O2. The Morgan fingerprint density at radius 3 is 2.39 bits per heavy atom. The molecule has 0 bridgehead atoms. The van der Waals surface area contributed by atoms with Crippen molar-refractivity contribution in [3.8, 4) is 0 Å². The van der Waals surface area contributed by atoms with Crippen molar-refractivity contribution in [2.45, 2.75) is 32.5 Å². The maximum Gasteiger partial charge on any atom is 0.254 e. The highest BCUT2D eigenvalue weighted by Gasteiger charge is 2.34. The van der Waals surface area contributed by atoms with Crippen LogP contribution in [0.1, 0.15) is 41.5 Å². The maximum atomic E-state index is 13.5. The first kappa shape index (κ1) is 20.8. The van der Waals surface area contributed by atoms with E-state index in [1.54, 1.807) is 4.90 Å². The van der Waals surface area contributed by atoms with Crippen molar-refractivity contribution >= 4 is 11.8 Å². The van der Waals surface area contributed by atoms with E-state index >= 15 is 0 Å². The molecule has 0 radical (unpaired) electrons. The van der Waals surface area contributed by atoms with E-state index in [2.05, 4.69) is 4.57 Å². The van der Waals surface area contributed by atoms with Crippen molar-refractivity contribution < 1.29 is 14.0 Å². The quantitative estimate of drug-likeness (QED) is 0.625. The van der Waals surface area contributed by atoms with Gasteiger partial charge in [0.15, 0.2) is 0 Å². The summed E-state index contributed by atoms with van der Waals surface area (Å²) in [6, 6.07) is 19.0. The van der Waals surface area contributed by atoms with E-state index in [0.717, 1.165) is 11.3 Å². The summed E-state index contributed by atoms with van der Waals surface area (Å²) in [5.74, 6) is -0.781. The molecule has 1 unspecified atom stereocenters. The van der Waals surface area contributed by atoms with E-state index in [1.165, 1.54) is 24.3 Å². The molecule has 2 amide bonds. The Morgan fingerprint density at radius 1 is 1.00 bits per heavy atom. The molecule has 4 rings (SSSR count). The minimum absolute atomic E-state index is 0.0298. The zero-order chi connectivity index (χ0) is 22.0. The average Bonchev–Trinajstić information content (AvgIpc) is 3.26. The van der Waals surface area contributed by atoms with E-state index in [-0.39, 0.29) is 30.4 Å². The molecule has 1 atom stereocenters. The van der Waals surface area contributed by atoms with E-state index in [9.17, 15) is 14.0 Å². The van der Waals surface area contributed by atoms with Gasteiger partial charge in [-0.25, -0.2) is 4.39 Å². The van der Waals surface area contributed by atoms with E-state index in [1.807, 2.05) is 67.4 Å². The number of fused-ring (bicyclic) bond motifs is 1. The van der Waals surface area contributed by atoms with Crippen molar-refractivity contribution in [1.82, 2.24) is 14.4 Å². The van der Waals surface area contributed by atoms with Crippen LogP contribution in [0.3, 0.4) is 0 Å². The number of carbonyl (C=O) groups excluding carboxylic acids is 2. The molecular weight excluding hydrogens is 393 g/mol. The van der Waals surface area contributed by atoms with Crippen LogP contribution in [-0.2, 0) is 11.3 Å². The molecule has 6 heteroatoms. The third kappa shape index (κ3) is 4.24. The molecule has 160 valence electrons. The number of nitrogens with zero attached hydrogens (tertiary/aromatic N) is 3. The Bertz CT molecular complexity index is 1060. The highest BCUT2D eigenvalue weighted by atomic mass is 19.1. The van der Waals surface area contributed by atoms with Crippen molar-refractivity contribution in [2.75, 3.05) is 13.1 Å². The molecule has 1 aliphatic heterocycles. The van der Waals surface area contributed by atoms with Crippen LogP contribution in [0.5, 0.6) is 0 Å². The highest BCUT2D eigenvalue weighted by molar-refractivity contribution is 5.96. The predicted octanol–water partition coefficient (Wildman–Crippen LogP) is 4.11. The lowest BCUT2D eigenvalue weighted by atomic mass is 9.99. The molecule has 2 heterocycles. The summed E-state index contributed by atoms with van der Waals surface area (Å²) in [5, 5.41) is 0. The molecule has 0 saturated carbocycles. The Hall–Kier alpha value is -3.41. The minimum Gasteiger partial charge on any atom is -0.348 e. The number of aromatic nitrogens is 1. The number of carbonyl (C=O) groups is 2. The first-order valence-electron chi connectivity index (χ1n) is 10.5. The van der Waals surface area contributed by atoms with Crippen LogP contribution in [0, 0.1) is 5.82 Å². The second-order valence-corrected chi connectivity index (χ2v) is 8.06. The lowest BCUT2D eigenvalue weighted by molar-refractivity contribution is -0.135. The van der Waals surface area contributed by atoms with Crippen LogP contribution in [0.15, 0.2) is 72.9 Å². The van der Waals surface area contributed by atoms with Gasteiger partial charge in [-0.1, -0.05) is 30.3 Å². The fourth-order valence-electron chi connectivity index (χ4n) is 4.12. The second kappa shape index (κ2) is 8.76. The second-order valence-electron chi connectivity index (χ2n) is 8.06. The lowest BCUT2D eigenvalue weighted by Gasteiger charge is -2.39. The van der Waals surface area contributed by atoms with Crippen molar-refractivity contribution in [3.63, 3.8) is 0 Å². The van der Waals surface area contributed by atoms with Crippen LogP contribution in [-0.4, -0.2) is 45.3 Å². The smallest absolute Gasteiger partial charge is 0.254 e. The van der Waals surface area contributed by atoms with Crippen LogP contribution in [0.4, 0.5) is 4.39 Å². The summed E-state index contributed by atoms with van der Waals surface area (Å²) in [4.78, 5) is 29.9. The molecule has 1 aromatic heterocycles. The zero-order valence-electron chi connectivity index (χ0n) is 17.7. The van der Waals surface area contributed by atoms with Gasteiger partial charge in [0.05, 0.1) is 6.04 Å². The van der Waals surface area contributed by atoms with Gasteiger partial charge in [0.2, 0.25) is 5.91 Å². The Kier molecular flexibility index (Phi) is 5.89. The topological polar surface area (TPSA) is 45.6 Å². The summed E-state index contributed by atoms with van der Waals surface area (Å²) in [6.45, 7) is 5.01. The molecule has 0 N–H and O–H groups in total. The zero-order valence-corrected chi connectivity index (χ0v) is 17.7. The number of hydrogen-bond donors (Lipinski definition) is 0. The van der Waals surface area contributed by atoms with Crippen molar-refractivity contribution in [3.05, 3.63) is 95.6 Å². The number of rotatable bonds is 5. The van der Waals surface area contributed by atoms with Crippen LogP contribution >= 0.6 is 0 Å². The minimum atomic E-state index is -0.397. The van der Waals surface area contributed by atoms with Crippen molar-refractivity contribution in [2.24, 2.45) is 0 Å². The highest BCUT2D eigenvalue weighted by Crippen LogP contribution is 2.32. The van der Waals surface area contributed by atoms with Crippen LogP contribution in [0.25, 0.3) is 0 Å². The average molecular weight is 420 g/mol. The third-order valence-corrected chi connectivity index (χ3v) is 5.75. The third-order valence-electron chi connectivity index (χ3n) is 5.75. The van der Waals surface area contributed by atoms with Gasteiger partial charge in [0.1, 0.15) is 12.4 Å². The van der Waals surface area contributed by atoms with Crippen molar-refractivity contribution in [1.29, 1.82) is 0 Å². The number of amides is 2. The van der Waals surface area contributed by atoms with Gasteiger partial charge in [0, 0.05) is 36.6 Å². The SMILES string of the molecule is CC(C)N(CC(=O)N1CCn2cccc2C1c1ccccc1)C(=O)c1ccc(F)cc1. The first-order chi connectivity index (χ1) is 15.0. The lowest BCUT2D eigenvalue weighted by Crippen LogP contribution is -2.49. The summed E-state index contributed by atoms with van der Waals surface area (Å²) < 4.78 is 15.4. The van der Waals surface area contributed by atoms with Gasteiger partial charge < -0.3 is 14.4 Å². The predicted molar refractivity (Wildman–Crippen MR) is 117 cm³/mol. The van der Waals surface area contributed by atoms with Gasteiger partial charge in [-0.2, -0.15) is 0 Å². The number of halogens is 1.